The fourth-order valence-electron chi connectivity index (χ4n) is 6.69. The van der Waals surface area contributed by atoms with Crippen LogP contribution in [0.3, 0.4) is 0 Å². The van der Waals surface area contributed by atoms with Crippen LogP contribution in [0.15, 0.2) is 133 Å². The fraction of sp³-hybridized carbons (Fsp3) is 0.158. The van der Waals surface area contributed by atoms with Crippen molar-refractivity contribution in [3.63, 3.8) is 0 Å². The Morgan fingerprint density at radius 2 is 1.46 bits per heavy atom. The van der Waals surface area contributed by atoms with Crippen molar-refractivity contribution >= 4 is 42.9 Å². The molecule has 2 heterocycles. The first kappa shape index (κ1) is 25.6. The number of allylic oxidation sites excluding steroid dienone is 1. The van der Waals surface area contributed by atoms with Crippen LogP contribution in [-0.4, -0.2) is 12.6 Å². The molecule has 6 aromatic rings. The number of nitrogens with one attached hydrogen (secondary N) is 1. The lowest BCUT2D eigenvalue weighted by Gasteiger charge is -2.44. The Morgan fingerprint density at radius 3 is 2.27 bits per heavy atom. The Kier molecular flexibility index (Phi) is 6.40. The summed E-state index contributed by atoms with van der Waals surface area (Å²) in [6.07, 6.45) is 3.29. The molecule has 0 fully saturated rings. The lowest BCUT2D eigenvalue weighted by Crippen LogP contribution is -2.50. The Balaban J connectivity index is 1.38. The number of benzene rings is 5. The van der Waals surface area contributed by atoms with Crippen molar-refractivity contribution in [1.82, 2.24) is 5.32 Å². The standard InChI is InChI=1S/C38H34N2S/c1-26-24-36(39-3)38(2,25-27-12-5-4-6-13-27)40(34-18-9-7-14-30(26)34)29-22-20-28(21-23-29)31-16-11-17-33-32-15-8-10-19-35(32)41-37(31)33/h4-24,26,39H,25H2,1-3H3. The van der Waals surface area contributed by atoms with Crippen molar-refractivity contribution in [3.05, 3.63) is 144 Å². The number of thiophene rings is 1. The predicted molar refractivity (Wildman–Crippen MR) is 177 cm³/mol. The second kappa shape index (κ2) is 10.2. The van der Waals surface area contributed by atoms with Gasteiger partial charge in [0.1, 0.15) is 0 Å². The van der Waals surface area contributed by atoms with E-state index < -0.39 is 0 Å². The van der Waals surface area contributed by atoms with Crippen molar-refractivity contribution in [2.45, 2.75) is 31.7 Å². The first-order valence-electron chi connectivity index (χ1n) is 14.4. The third-order valence-corrected chi connectivity index (χ3v) is 9.88. The van der Waals surface area contributed by atoms with E-state index in [2.05, 4.69) is 159 Å². The molecule has 2 unspecified atom stereocenters. The van der Waals surface area contributed by atoms with E-state index in [0.29, 0.717) is 5.92 Å². The van der Waals surface area contributed by atoms with Gasteiger partial charge in [0.05, 0.1) is 5.54 Å². The molecule has 2 atom stereocenters. The maximum Gasteiger partial charge on any atom is 0.0856 e. The smallest absolute Gasteiger partial charge is 0.0856 e. The Morgan fingerprint density at radius 1 is 0.756 bits per heavy atom. The highest BCUT2D eigenvalue weighted by molar-refractivity contribution is 7.26. The number of hydrogen-bond donors (Lipinski definition) is 1. The third kappa shape index (κ3) is 4.32. The minimum absolute atomic E-state index is 0.290. The number of hydrogen-bond acceptors (Lipinski definition) is 3. The molecule has 5 aromatic carbocycles. The Labute approximate surface area is 246 Å². The largest absolute Gasteiger partial charge is 0.390 e. The van der Waals surface area contributed by atoms with Crippen molar-refractivity contribution in [2.24, 2.45) is 0 Å². The second-order valence-corrected chi connectivity index (χ2v) is 12.3. The van der Waals surface area contributed by atoms with Crippen molar-refractivity contribution in [3.8, 4) is 11.1 Å². The van der Waals surface area contributed by atoms with Gasteiger partial charge in [-0.1, -0.05) is 110 Å². The first-order valence-corrected chi connectivity index (χ1v) is 15.2. The van der Waals surface area contributed by atoms with Crippen LogP contribution < -0.4 is 10.2 Å². The number of rotatable bonds is 5. The van der Waals surface area contributed by atoms with Crippen LogP contribution in [0.5, 0.6) is 0 Å². The summed E-state index contributed by atoms with van der Waals surface area (Å²) in [6, 6.07) is 44.4. The van der Waals surface area contributed by atoms with E-state index in [4.69, 9.17) is 0 Å². The van der Waals surface area contributed by atoms with Gasteiger partial charge in [-0.3, -0.25) is 0 Å². The molecular weight excluding hydrogens is 516 g/mol. The minimum atomic E-state index is -0.316. The lowest BCUT2D eigenvalue weighted by atomic mass is 9.86. The van der Waals surface area contributed by atoms with E-state index in [1.807, 2.05) is 11.3 Å². The molecule has 1 N–H and O–H groups in total. The lowest BCUT2D eigenvalue weighted by molar-refractivity contribution is 0.503. The Hall–Kier alpha value is -4.34. The summed E-state index contributed by atoms with van der Waals surface area (Å²) in [5, 5.41) is 6.28. The summed E-state index contributed by atoms with van der Waals surface area (Å²) < 4.78 is 2.69. The van der Waals surface area contributed by atoms with Crippen LogP contribution in [0, 0.1) is 0 Å². The summed E-state index contributed by atoms with van der Waals surface area (Å²) in [6.45, 7) is 4.68. The summed E-state index contributed by atoms with van der Waals surface area (Å²) >= 11 is 1.89. The van der Waals surface area contributed by atoms with Gasteiger partial charge in [-0.15, -0.1) is 11.3 Å². The highest BCUT2D eigenvalue weighted by Gasteiger charge is 2.40. The third-order valence-electron chi connectivity index (χ3n) is 8.66. The van der Waals surface area contributed by atoms with Gasteiger partial charge in [0, 0.05) is 56.6 Å². The number of para-hydroxylation sites is 1. The monoisotopic (exact) mass is 550 g/mol. The number of likely N-dealkylation sites (N-methyl/N-ethyl adjacent to an activating group) is 1. The normalized spacial score (nSPS) is 18.7. The fourth-order valence-corrected chi connectivity index (χ4v) is 7.93. The van der Waals surface area contributed by atoms with E-state index in [0.717, 1.165) is 6.42 Å². The van der Waals surface area contributed by atoms with Crippen LogP contribution in [-0.2, 0) is 6.42 Å². The molecule has 0 amide bonds. The maximum atomic E-state index is 3.61. The molecule has 0 radical (unpaired) electrons. The van der Waals surface area contributed by atoms with Gasteiger partial charge < -0.3 is 10.2 Å². The SMILES string of the molecule is CNC1=CC(C)c2ccccc2N(c2ccc(-c3cccc4c3sc3ccccc34)cc2)C1(C)Cc1ccccc1. The average molecular weight is 551 g/mol. The Bertz CT molecular complexity index is 1880. The highest BCUT2D eigenvalue weighted by Crippen LogP contribution is 2.46. The summed E-state index contributed by atoms with van der Waals surface area (Å²) in [7, 11) is 2.06. The average Bonchev–Trinajstić information content (AvgIpc) is 3.36. The molecule has 0 spiro atoms. The molecule has 0 saturated heterocycles. The molecule has 1 aliphatic rings. The zero-order valence-electron chi connectivity index (χ0n) is 23.8. The summed E-state index contributed by atoms with van der Waals surface area (Å²) in [5.74, 6) is 0.290. The molecule has 0 saturated carbocycles. The second-order valence-electron chi connectivity index (χ2n) is 11.3. The number of nitrogens with zero attached hydrogens (tertiary/aromatic N) is 1. The van der Waals surface area contributed by atoms with Gasteiger partial charge in [0.2, 0.25) is 0 Å². The zero-order valence-corrected chi connectivity index (χ0v) is 24.6. The van der Waals surface area contributed by atoms with E-state index in [1.165, 1.54) is 59.5 Å². The molecule has 7 rings (SSSR count). The van der Waals surface area contributed by atoms with Crippen LogP contribution in [0.25, 0.3) is 31.3 Å². The number of fused-ring (bicyclic) bond motifs is 4. The van der Waals surface area contributed by atoms with Gasteiger partial charge in [-0.2, -0.15) is 0 Å². The van der Waals surface area contributed by atoms with E-state index in [9.17, 15) is 0 Å². The molecule has 1 aromatic heterocycles. The van der Waals surface area contributed by atoms with Crippen LogP contribution in [0.4, 0.5) is 11.4 Å². The van der Waals surface area contributed by atoms with Crippen molar-refractivity contribution in [1.29, 1.82) is 0 Å². The molecule has 3 heteroatoms. The summed E-state index contributed by atoms with van der Waals surface area (Å²) in [5.41, 5.74) is 8.59. The maximum absolute atomic E-state index is 3.61. The molecule has 1 aliphatic heterocycles. The van der Waals surface area contributed by atoms with Crippen LogP contribution in [0.1, 0.15) is 30.9 Å². The van der Waals surface area contributed by atoms with Gasteiger partial charge in [-0.25, -0.2) is 0 Å². The molecular formula is C38H34N2S. The van der Waals surface area contributed by atoms with E-state index >= 15 is 0 Å². The molecule has 2 nitrogen and oxygen atoms in total. The van der Waals surface area contributed by atoms with E-state index in [-0.39, 0.29) is 5.54 Å². The molecule has 41 heavy (non-hydrogen) atoms. The first-order chi connectivity index (χ1) is 20.1. The summed E-state index contributed by atoms with van der Waals surface area (Å²) in [4.78, 5) is 2.56. The van der Waals surface area contributed by atoms with E-state index in [1.54, 1.807) is 0 Å². The topological polar surface area (TPSA) is 15.3 Å². The predicted octanol–water partition coefficient (Wildman–Crippen LogP) is 10.1. The van der Waals surface area contributed by atoms with Gasteiger partial charge >= 0.3 is 0 Å². The van der Waals surface area contributed by atoms with Crippen molar-refractivity contribution < 1.29 is 0 Å². The number of anilines is 2. The van der Waals surface area contributed by atoms with Gasteiger partial charge in [-0.05, 0) is 53.4 Å². The van der Waals surface area contributed by atoms with Crippen LogP contribution in [0.2, 0.25) is 0 Å². The molecule has 0 aliphatic carbocycles. The van der Waals surface area contributed by atoms with Gasteiger partial charge in [0.25, 0.3) is 0 Å². The molecule has 202 valence electrons. The molecule has 0 bridgehead atoms. The van der Waals surface area contributed by atoms with Crippen molar-refractivity contribution in [2.75, 3.05) is 11.9 Å². The zero-order chi connectivity index (χ0) is 28.0. The minimum Gasteiger partial charge on any atom is -0.390 e. The van der Waals surface area contributed by atoms with Crippen LogP contribution >= 0.6 is 11.3 Å². The van der Waals surface area contributed by atoms with Gasteiger partial charge in [0.15, 0.2) is 0 Å². The highest BCUT2D eigenvalue weighted by atomic mass is 32.1. The quantitative estimate of drug-likeness (QED) is 0.230.